The standard InChI is InChI=1S/C20H19ClN4O2S/c21-15-8-7-13(10-14(15)18(22)26)23-19(27)12-4-3-9-25(11-12)20-24-16-5-1-2-6-17(16)28-20/h1-2,5-8,10,12H,3-4,9,11H2,(H2,22,26)(H,23,27)/t12-/m0/s1. The van der Waals surface area contributed by atoms with E-state index in [0.717, 1.165) is 34.7 Å². The lowest BCUT2D eigenvalue weighted by Crippen LogP contribution is -2.40. The van der Waals surface area contributed by atoms with E-state index in [1.165, 1.54) is 6.07 Å². The fourth-order valence-corrected chi connectivity index (χ4v) is 4.61. The molecule has 0 radical (unpaired) electrons. The van der Waals surface area contributed by atoms with Crippen molar-refractivity contribution in [3.05, 3.63) is 53.1 Å². The van der Waals surface area contributed by atoms with Crippen molar-refractivity contribution in [2.45, 2.75) is 12.8 Å². The summed E-state index contributed by atoms with van der Waals surface area (Å²) in [7, 11) is 0. The van der Waals surface area contributed by atoms with Gasteiger partial charge in [-0.3, -0.25) is 9.59 Å². The maximum atomic E-state index is 12.8. The number of thiazole rings is 1. The number of primary amides is 1. The number of amides is 2. The molecule has 0 saturated carbocycles. The van der Waals surface area contributed by atoms with Crippen molar-refractivity contribution in [3.8, 4) is 0 Å². The molecule has 28 heavy (non-hydrogen) atoms. The van der Waals surface area contributed by atoms with Crippen molar-refractivity contribution in [2.24, 2.45) is 11.7 Å². The number of para-hydroxylation sites is 1. The Morgan fingerprint density at radius 1 is 1.25 bits per heavy atom. The van der Waals surface area contributed by atoms with E-state index in [4.69, 9.17) is 22.3 Å². The average Bonchev–Trinajstić information content (AvgIpc) is 3.13. The zero-order chi connectivity index (χ0) is 19.7. The second-order valence-corrected chi connectivity index (χ2v) is 8.21. The Hall–Kier alpha value is -2.64. The summed E-state index contributed by atoms with van der Waals surface area (Å²) in [5, 5.41) is 4.10. The highest BCUT2D eigenvalue weighted by Crippen LogP contribution is 2.32. The highest BCUT2D eigenvalue weighted by Gasteiger charge is 2.27. The first-order valence-electron chi connectivity index (χ1n) is 9.02. The number of halogens is 1. The van der Waals surface area contributed by atoms with Crippen LogP contribution in [0.3, 0.4) is 0 Å². The predicted octanol–water partition coefficient (Wildman–Crippen LogP) is 3.90. The number of nitrogens with two attached hydrogens (primary N) is 1. The summed E-state index contributed by atoms with van der Waals surface area (Å²) in [6.45, 7) is 1.50. The number of carbonyl (C=O) groups excluding carboxylic acids is 2. The van der Waals surface area contributed by atoms with E-state index in [1.807, 2.05) is 18.2 Å². The van der Waals surface area contributed by atoms with E-state index >= 15 is 0 Å². The number of piperidine rings is 1. The van der Waals surface area contributed by atoms with Gasteiger partial charge in [-0.05, 0) is 43.2 Å². The minimum absolute atomic E-state index is 0.0800. The molecule has 0 bridgehead atoms. The van der Waals surface area contributed by atoms with Crippen LogP contribution in [-0.2, 0) is 4.79 Å². The van der Waals surface area contributed by atoms with Crippen LogP contribution in [0.4, 0.5) is 10.8 Å². The third-order valence-corrected chi connectivity index (χ3v) is 6.27. The SMILES string of the molecule is NC(=O)c1cc(NC(=O)[C@H]2CCCN(c3nc4ccccc4s3)C2)ccc1Cl. The number of fused-ring (bicyclic) bond motifs is 1. The second-order valence-electron chi connectivity index (χ2n) is 6.80. The minimum atomic E-state index is -0.624. The van der Waals surface area contributed by atoms with Gasteiger partial charge >= 0.3 is 0 Å². The normalized spacial score (nSPS) is 16.9. The Morgan fingerprint density at radius 3 is 2.86 bits per heavy atom. The second kappa shape index (κ2) is 7.77. The van der Waals surface area contributed by atoms with E-state index in [0.29, 0.717) is 12.2 Å². The van der Waals surface area contributed by atoms with Crippen LogP contribution in [0.2, 0.25) is 5.02 Å². The van der Waals surface area contributed by atoms with Crippen molar-refractivity contribution < 1.29 is 9.59 Å². The van der Waals surface area contributed by atoms with Crippen molar-refractivity contribution in [1.29, 1.82) is 0 Å². The molecule has 4 rings (SSSR count). The van der Waals surface area contributed by atoms with Gasteiger partial charge in [0.1, 0.15) is 0 Å². The number of nitrogens with zero attached hydrogens (tertiary/aromatic N) is 2. The molecular formula is C20H19ClN4O2S. The summed E-state index contributed by atoms with van der Waals surface area (Å²) in [5.74, 6) is -0.863. The Bertz CT molecular complexity index is 1020. The quantitative estimate of drug-likeness (QED) is 0.677. The van der Waals surface area contributed by atoms with Crippen molar-refractivity contribution in [1.82, 2.24) is 4.98 Å². The third-order valence-electron chi connectivity index (χ3n) is 4.84. The number of nitrogens with one attached hydrogen (secondary N) is 1. The molecule has 1 saturated heterocycles. The molecule has 3 N–H and O–H groups in total. The van der Waals surface area contributed by atoms with Gasteiger partial charge in [0.15, 0.2) is 5.13 Å². The topological polar surface area (TPSA) is 88.3 Å². The van der Waals surface area contributed by atoms with Crippen molar-refractivity contribution >= 4 is 55.8 Å². The molecule has 1 aliphatic rings. The van der Waals surface area contributed by atoms with Crippen LogP contribution in [0, 0.1) is 5.92 Å². The summed E-state index contributed by atoms with van der Waals surface area (Å²) in [5.41, 5.74) is 7.01. The molecular weight excluding hydrogens is 396 g/mol. The van der Waals surface area contributed by atoms with Gasteiger partial charge in [0.25, 0.3) is 0 Å². The highest BCUT2D eigenvalue weighted by atomic mass is 35.5. The number of hydrogen-bond donors (Lipinski definition) is 2. The van der Waals surface area contributed by atoms with Crippen LogP contribution >= 0.6 is 22.9 Å². The van der Waals surface area contributed by atoms with Crippen LogP contribution in [-0.4, -0.2) is 29.9 Å². The molecule has 1 aliphatic heterocycles. The number of rotatable bonds is 4. The van der Waals surface area contributed by atoms with Crippen LogP contribution in [0.5, 0.6) is 0 Å². The maximum Gasteiger partial charge on any atom is 0.250 e. The third kappa shape index (κ3) is 3.81. The minimum Gasteiger partial charge on any atom is -0.366 e. The zero-order valence-electron chi connectivity index (χ0n) is 15.0. The largest absolute Gasteiger partial charge is 0.366 e. The maximum absolute atomic E-state index is 12.8. The number of anilines is 2. The molecule has 8 heteroatoms. The fraction of sp³-hybridized carbons (Fsp3) is 0.250. The molecule has 6 nitrogen and oxygen atoms in total. The Kier molecular flexibility index (Phi) is 5.19. The molecule has 2 heterocycles. The highest BCUT2D eigenvalue weighted by molar-refractivity contribution is 7.22. The van der Waals surface area contributed by atoms with E-state index in [-0.39, 0.29) is 22.4 Å². The van der Waals surface area contributed by atoms with Gasteiger partial charge in [-0.15, -0.1) is 0 Å². The predicted molar refractivity (Wildman–Crippen MR) is 113 cm³/mol. The van der Waals surface area contributed by atoms with Gasteiger partial charge in [-0.1, -0.05) is 35.1 Å². The summed E-state index contributed by atoms with van der Waals surface area (Å²) >= 11 is 7.62. The number of aromatic nitrogens is 1. The smallest absolute Gasteiger partial charge is 0.250 e. The lowest BCUT2D eigenvalue weighted by Gasteiger charge is -2.31. The Labute approximate surface area is 171 Å². The molecule has 1 aromatic heterocycles. The van der Waals surface area contributed by atoms with Gasteiger partial charge in [-0.2, -0.15) is 0 Å². The number of hydrogen-bond acceptors (Lipinski definition) is 5. The summed E-state index contributed by atoms with van der Waals surface area (Å²) in [6, 6.07) is 12.8. The first-order chi connectivity index (χ1) is 13.5. The Morgan fingerprint density at radius 2 is 2.07 bits per heavy atom. The first-order valence-corrected chi connectivity index (χ1v) is 10.2. The number of benzene rings is 2. The van der Waals surface area contributed by atoms with Gasteiger partial charge in [0, 0.05) is 18.8 Å². The van der Waals surface area contributed by atoms with Gasteiger partial charge in [-0.25, -0.2) is 4.98 Å². The molecule has 1 atom stereocenters. The molecule has 0 aliphatic carbocycles. The lowest BCUT2D eigenvalue weighted by atomic mass is 9.97. The molecule has 2 aromatic carbocycles. The summed E-state index contributed by atoms with van der Waals surface area (Å²) in [4.78, 5) is 31.1. The van der Waals surface area contributed by atoms with Gasteiger partial charge < -0.3 is 16.0 Å². The Balaban J connectivity index is 1.47. The van der Waals surface area contributed by atoms with E-state index in [9.17, 15) is 9.59 Å². The zero-order valence-corrected chi connectivity index (χ0v) is 16.6. The van der Waals surface area contributed by atoms with Gasteiger partial charge in [0.2, 0.25) is 11.8 Å². The summed E-state index contributed by atoms with van der Waals surface area (Å²) < 4.78 is 1.14. The fourth-order valence-electron chi connectivity index (χ4n) is 3.40. The first kappa shape index (κ1) is 18.7. The van der Waals surface area contributed by atoms with Crippen molar-refractivity contribution in [2.75, 3.05) is 23.3 Å². The van der Waals surface area contributed by atoms with Gasteiger partial charge in [0.05, 0.1) is 26.7 Å². The van der Waals surface area contributed by atoms with E-state index < -0.39 is 5.91 Å². The van der Waals surface area contributed by atoms with Crippen LogP contribution in [0.1, 0.15) is 23.2 Å². The average molecular weight is 415 g/mol. The molecule has 0 unspecified atom stereocenters. The summed E-state index contributed by atoms with van der Waals surface area (Å²) in [6.07, 6.45) is 1.73. The molecule has 1 fully saturated rings. The van der Waals surface area contributed by atoms with Crippen LogP contribution in [0.15, 0.2) is 42.5 Å². The lowest BCUT2D eigenvalue weighted by molar-refractivity contribution is -0.120. The monoisotopic (exact) mass is 414 g/mol. The number of carbonyl (C=O) groups is 2. The molecule has 2 amide bonds. The molecule has 0 spiro atoms. The molecule has 3 aromatic rings. The van der Waals surface area contributed by atoms with E-state index in [2.05, 4.69) is 16.3 Å². The van der Waals surface area contributed by atoms with Crippen molar-refractivity contribution in [3.63, 3.8) is 0 Å². The van der Waals surface area contributed by atoms with Crippen LogP contribution in [0.25, 0.3) is 10.2 Å². The van der Waals surface area contributed by atoms with Crippen LogP contribution < -0.4 is 16.0 Å². The van der Waals surface area contributed by atoms with E-state index in [1.54, 1.807) is 23.5 Å². The molecule has 144 valence electrons.